The van der Waals surface area contributed by atoms with Gasteiger partial charge in [0.2, 0.25) is 15.9 Å². The number of piperidine rings is 1. The first-order chi connectivity index (χ1) is 13.8. The van der Waals surface area contributed by atoms with E-state index in [1.165, 1.54) is 0 Å². The van der Waals surface area contributed by atoms with Gasteiger partial charge in [-0.05, 0) is 60.8 Å². The molecule has 1 aliphatic rings. The quantitative estimate of drug-likeness (QED) is 0.711. The Hall–Kier alpha value is -2.29. The van der Waals surface area contributed by atoms with Crippen molar-refractivity contribution in [3.8, 4) is 0 Å². The third kappa shape index (κ3) is 5.85. The molecule has 0 unspecified atom stereocenters. The van der Waals surface area contributed by atoms with E-state index in [0.29, 0.717) is 24.7 Å². The maximum atomic E-state index is 12.8. The molecule has 0 spiro atoms. The molecule has 29 heavy (non-hydrogen) atoms. The van der Waals surface area contributed by atoms with Gasteiger partial charge in [0.05, 0.1) is 11.3 Å². The average Bonchev–Trinajstić information content (AvgIpc) is 2.69. The van der Waals surface area contributed by atoms with E-state index in [0.717, 1.165) is 18.4 Å². The van der Waals surface area contributed by atoms with Crippen LogP contribution in [-0.4, -0.2) is 36.8 Å². The lowest BCUT2D eigenvalue weighted by Gasteiger charge is -2.29. The van der Waals surface area contributed by atoms with E-state index in [1.54, 1.807) is 28.6 Å². The van der Waals surface area contributed by atoms with Crippen molar-refractivity contribution < 1.29 is 13.2 Å². The lowest BCUT2D eigenvalue weighted by molar-refractivity contribution is -0.119. The number of hydrogen-bond acceptors (Lipinski definition) is 4. The van der Waals surface area contributed by atoms with Crippen LogP contribution in [0.15, 0.2) is 59.5 Å². The number of amides is 1. The second kappa shape index (κ2) is 9.47. The zero-order chi connectivity index (χ0) is 20.9. The number of nitrogens with one attached hydrogen (secondary N) is 2. The summed E-state index contributed by atoms with van der Waals surface area (Å²) in [6.07, 6.45) is 2.00. The van der Waals surface area contributed by atoms with Crippen LogP contribution in [0.3, 0.4) is 0 Å². The lowest BCUT2D eigenvalue weighted by Crippen LogP contribution is -2.37. The molecule has 3 rings (SSSR count). The summed E-state index contributed by atoms with van der Waals surface area (Å²) in [5, 5.41) is 5.72. The molecule has 2 aromatic carbocycles. The normalized spacial score (nSPS) is 15.6. The summed E-state index contributed by atoms with van der Waals surface area (Å²) in [7, 11) is -3.48. The summed E-state index contributed by atoms with van der Waals surface area (Å²) in [5.74, 6) is 0.346. The Labute approximate surface area is 177 Å². The minimum atomic E-state index is -3.48. The molecule has 2 N–H and O–H groups in total. The summed E-state index contributed by atoms with van der Waals surface area (Å²) in [6, 6.07) is 15.8. The van der Waals surface area contributed by atoms with Crippen molar-refractivity contribution in [1.29, 1.82) is 0 Å². The van der Waals surface area contributed by atoms with Crippen molar-refractivity contribution in [3.05, 3.63) is 60.2 Å². The fourth-order valence-corrected chi connectivity index (χ4v) is 4.90. The van der Waals surface area contributed by atoms with Crippen molar-refractivity contribution in [1.82, 2.24) is 9.62 Å². The largest absolute Gasteiger partial charge is 0.332 e. The monoisotopic (exact) mass is 431 g/mol. The summed E-state index contributed by atoms with van der Waals surface area (Å²) >= 11 is 5.18. The number of rotatable bonds is 5. The predicted octanol–water partition coefficient (Wildman–Crippen LogP) is 3.16. The van der Waals surface area contributed by atoms with Gasteiger partial charge in [0, 0.05) is 18.8 Å². The van der Waals surface area contributed by atoms with Crippen LogP contribution in [0, 0.1) is 5.92 Å². The minimum absolute atomic E-state index is 0.173. The number of sulfonamides is 1. The first-order valence-corrected chi connectivity index (χ1v) is 11.4. The van der Waals surface area contributed by atoms with Gasteiger partial charge in [0.1, 0.15) is 0 Å². The van der Waals surface area contributed by atoms with E-state index in [-0.39, 0.29) is 22.3 Å². The van der Waals surface area contributed by atoms with Gasteiger partial charge >= 0.3 is 0 Å². The van der Waals surface area contributed by atoms with Gasteiger partial charge in [0.15, 0.2) is 5.11 Å². The van der Waals surface area contributed by atoms with Gasteiger partial charge in [0.25, 0.3) is 0 Å². The smallest absolute Gasteiger partial charge is 0.243 e. The van der Waals surface area contributed by atoms with E-state index in [1.807, 2.05) is 30.3 Å². The fraction of sp³-hybridized carbons (Fsp3) is 0.333. The Morgan fingerprint density at radius 1 is 1.07 bits per heavy atom. The molecule has 6 nitrogen and oxygen atoms in total. The third-order valence-electron chi connectivity index (χ3n) is 4.95. The zero-order valence-corrected chi connectivity index (χ0v) is 17.9. The Morgan fingerprint density at radius 2 is 1.69 bits per heavy atom. The average molecular weight is 432 g/mol. The molecule has 0 aliphatic carbocycles. The highest BCUT2D eigenvalue weighted by molar-refractivity contribution is 7.89. The van der Waals surface area contributed by atoms with Crippen molar-refractivity contribution in [2.45, 2.75) is 31.1 Å². The first kappa shape index (κ1) is 21.4. The predicted molar refractivity (Wildman–Crippen MR) is 118 cm³/mol. The fourth-order valence-electron chi connectivity index (χ4n) is 3.20. The highest BCUT2D eigenvalue weighted by atomic mass is 32.2. The number of carbonyl (C=O) groups excluding carboxylic acids is 1. The number of anilines is 1. The van der Waals surface area contributed by atoms with Gasteiger partial charge in [-0.25, -0.2) is 8.42 Å². The van der Waals surface area contributed by atoms with Gasteiger partial charge < -0.3 is 10.6 Å². The van der Waals surface area contributed by atoms with Crippen LogP contribution in [-0.2, 0) is 21.2 Å². The van der Waals surface area contributed by atoms with Gasteiger partial charge in [-0.15, -0.1) is 0 Å². The number of hydrogen-bond donors (Lipinski definition) is 2. The second-order valence-electron chi connectivity index (χ2n) is 7.28. The Bertz CT molecular complexity index is 952. The second-order valence-corrected chi connectivity index (χ2v) is 9.62. The van der Waals surface area contributed by atoms with Crippen molar-refractivity contribution in [2.75, 3.05) is 18.4 Å². The molecule has 1 heterocycles. The molecule has 0 saturated carbocycles. The van der Waals surface area contributed by atoms with Crippen LogP contribution < -0.4 is 10.6 Å². The van der Waals surface area contributed by atoms with E-state index in [9.17, 15) is 13.2 Å². The maximum absolute atomic E-state index is 12.8. The molecule has 0 atom stereocenters. The molecule has 1 saturated heterocycles. The topological polar surface area (TPSA) is 78.5 Å². The van der Waals surface area contributed by atoms with Crippen LogP contribution in [0.5, 0.6) is 0 Å². The SMILES string of the molecule is CC1CCN(S(=O)(=O)c2ccc(NC(=S)NC(=O)Cc3ccccc3)cc2)CC1. The molecule has 0 radical (unpaired) electrons. The Morgan fingerprint density at radius 3 is 2.31 bits per heavy atom. The van der Waals surface area contributed by atoms with Gasteiger partial charge in [-0.2, -0.15) is 4.31 Å². The molecule has 0 bridgehead atoms. The summed E-state index contributed by atoms with van der Waals surface area (Å²) in [5.41, 5.74) is 1.51. The third-order valence-corrected chi connectivity index (χ3v) is 7.07. The first-order valence-electron chi connectivity index (χ1n) is 9.59. The van der Waals surface area contributed by atoms with E-state index < -0.39 is 10.0 Å². The lowest BCUT2D eigenvalue weighted by atomic mass is 10.0. The molecule has 8 heteroatoms. The summed E-state index contributed by atoms with van der Waals surface area (Å²) in [4.78, 5) is 12.3. The minimum Gasteiger partial charge on any atom is -0.332 e. The van der Waals surface area contributed by atoms with E-state index in [2.05, 4.69) is 17.6 Å². The Balaban J connectivity index is 1.56. The molecule has 0 aromatic heterocycles. The number of nitrogens with zero attached hydrogens (tertiary/aromatic N) is 1. The Kier molecular flexibility index (Phi) is 7.00. The van der Waals surface area contributed by atoms with E-state index >= 15 is 0 Å². The highest BCUT2D eigenvalue weighted by Gasteiger charge is 2.27. The van der Waals surface area contributed by atoms with E-state index in [4.69, 9.17) is 12.2 Å². The zero-order valence-electron chi connectivity index (χ0n) is 16.3. The summed E-state index contributed by atoms with van der Waals surface area (Å²) in [6.45, 7) is 3.26. The van der Waals surface area contributed by atoms with Crippen molar-refractivity contribution >= 4 is 38.9 Å². The summed E-state index contributed by atoms with van der Waals surface area (Å²) < 4.78 is 27.1. The molecular weight excluding hydrogens is 406 g/mol. The van der Waals surface area contributed by atoms with Crippen molar-refractivity contribution in [2.24, 2.45) is 5.92 Å². The molecule has 154 valence electrons. The van der Waals surface area contributed by atoms with Gasteiger partial charge in [-0.3, -0.25) is 4.79 Å². The standard InChI is InChI=1S/C21H25N3O3S2/c1-16-11-13-24(14-12-16)29(26,27)19-9-7-18(8-10-19)22-21(28)23-20(25)15-17-5-3-2-4-6-17/h2-10,16H,11-15H2,1H3,(H2,22,23,25,28). The van der Waals surface area contributed by atoms with Crippen LogP contribution in [0.25, 0.3) is 0 Å². The highest BCUT2D eigenvalue weighted by Crippen LogP contribution is 2.24. The number of benzene rings is 2. The van der Waals surface area contributed by atoms with Crippen LogP contribution in [0.2, 0.25) is 0 Å². The molecule has 1 aliphatic heterocycles. The van der Waals surface area contributed by atoms with Crippen molar-refractivity contribution in [3.63, 3.8) is 0 Å². The molecule has 1 fully saturated rings. The van der Waals surface area contributed by atoms with Crippen LogP contribution >= 0.6 is 12.2 Å². The van der Waals surface area contributed by atoms with Crippen LogP contribution in [0.4, 0.5) is 5.69 Å². The molecule has 2 aromatic rings. The number of carbonyl (C=O) groups is 1. The molecule has 1 amide bonds. The van der Waals surface area contributed by atoms with Crippen LogP contribution in [0.1, 0.15) is 25.3 Å². The maximum Gasteiger partial charge on any atom is 0.243 e. The van der Waals surface area contributed by atoms with Gasteiger partial charge in [-0.1, -0.05) is 37.3 Å². The molecular formula is C21H25N3O3S2. The number of thiocarbonyl (C=S) groups is 1.